The van der Waals surface area contributed by atoms with Crippen LogP contribution in [0.4, 0.5) is 0 Å². The number of carboxylic acid groups (broad SMARTS) is 1. The van der Waals surface area contributed by atoms with Gasteiger partial charge in [0.05, 0.1) is 0 Å². The molecule has 1 N–H and O–H groups in total. The number of carboxylic acids is 1. The molecular formula is C12H22O2. The van der Waals surface area contributed by atoms with Crippen molar-refractivity contribution < 1.29 is 9.90 Å². The average molecular weight is 198 g/mol. The van der Waals surface area contributed by atoms with E-state index < -0.39 is 5.97 Å². The highest BCUT2D eigenvalue weighted by molar-refractivity contribution is 5.67. The van der Waals surface area contributed by atoms with Gasteiger partial charge >= 0.3 is 5.97 Å². The molecular weight excluding hydrogens is 176 g/mol. The van der Waals surface area contributed by atoms with Gasteiger partial charge in [-0.2, -0.15) is 0 Å². The Morgan fingerprint density at radius 3 is 2.57 bits per heavy atom. The summed E-state index contributed by atoms with van der Waals surface area (Å²) < 4.78 is 0. The Labute approximate surface area is 86.7 Å². The van der Waals surface area contributed by atoms with Crippen LogP contribution in [0.2, 0.25) is 0 Å². The minimum atomic E-state index is -0.633. The highest BCUT2D eigenvalue weighted by Gasteiger charge is 2.30. The van der Waals surface area contributed by atoms with Gasteiger partial charge in [-0.05, 0) is 36.5 Å². The molecule has 0 saturated heterocycles. The Morgan fingerprint density at radius 1 is 1.43 bits per heavy atom. The molecule has 82 valence electrons. The van der Waals surface area contributed by atoms with Gasteiger partial charge in [-0.3, -0.25) is 4.79 Å². The maximum atomic E-state index is 10.7. The van der Waals surface area contributed by atoms with Crippen molar-refractivity contribution >= 4 is 5.97 Å². The van der Waals surface area contributed by atoms with Crippen LogP contribution in [0.5, 0.6) is 0 Å². The van der Waals surface area contributed by atoms with Crippen LogP contribution in [0.15, 0.2) is 0 Å². The van der Waals surface area contributed by atoms with Gasteiger partial charge in [0, 0.05) is 6.42 Å². The lowest BCUT2D eigenvalue weighted by Gasteiger charge is -2.35. The van der Waals surface area contributed by atoms with E-state index in [0.29, 0.717) is 24.2 Å². The predicted molar refractivity (Wildman–Crippen MR) is 57.1 cm³/mol. The third-order valence-electron chi connectivity index (χ3n) is 3.78. The first-order chi connectivity index (χ1) is 6.50. The summed E-state index contributed by atoms with van der Waals surface area (Å²) >= 11 is 0. The Morgan fingerprint density at radius 2 is 2.07 bits per heavy atom. The van der Waals surface area contributed by atoms with Crippen LogP contribution >= 0.6 is 0 Å². The first-order valence-electron chi connectivity index (χ1n) is 5.72. The minimum Gasteiger partial charge on any atom is -0.481 e. The Balaban J connectivity index is 2.50. The van der Waals surface area contributed by atoms with Crippen molar-refractivity contribution in [3.63, 3.8) is 0 Å². The molecule has 0 heterocycles. The van der Waals surface area contributed by atoms with Gasteiger partial charge in [0.25, 0.3) is 0 Å². The molecule has 0 radical (unpaired) electrons. The topological polar surface area (TPSA) is 37.3 Å². The summed E-state index contributed by atoms with van der Waals surface area (Å²) in [6.45, 7) is 6.70. The molecule has 1 aliphatic rings. The molecule has 0 spiro atoms. The van der Waals surface area contributed by atoms with Gasteiger partial charge in [-0.1, -0.05) is 27.2 Å². The molecule has 3 atom stereocenters. The number of rotatable bonds is 3. The first-order valence-corrected chi connectivity index (χ1v) is 5.72. The molecule has 0 unspecified atom stereocenters. The molecule has 0 aromatic carbocycles. The summed E-state index contributed by atoms with van der Waals surface area (Å²) in [6.07, 6.45) is 3.98. The number of hydrogen-bond acceptors (Lipinski definition) is 1. The number of aliphatic carboxylic acids is 1. The second-order valence-electron chi connectivity index (χ2n) is 5.15. The number of hydrogen-bond donors (Lipinski definition) is 1. The Kier molecular flexibility index (Phi) is 3.97. The van der Waals surface area contributed by atoms with E-state index in [1.54, 1.807) is 0 Å². The van der Waals surface area contributed by atoms with E-state index in [1.165, 1.54) is 12.8 Å². The minimum absolute atomic E-state index is 0.365. The van der Waals surface area contributed by atoms with Crippen molar-refractivity contribution in [1.82, 2.24) is 0 Å². The smallest absolute Gasteiger partial charge is 0.303 e. The fourth-order valence-electron chi connectivity index (χ4n) is 2.57. The van der Waals surface area contributed by atoms with Crippen LogP contribution in [-0.4, -0.2) is 11.1 Å². The van der Waals surface area contributed by atoms with Crippen molar-refractivity contribution in [2.24, 2.45) is 23.7 Å². The molecule has 0 aromatic rings. The zero-order valence-electron chi connectivity index (χ0n) is 9.49. The Bertz CT molecular complexity index is 198. The van der Waals surface area contributed by atoms with E-state index in [4.69, 9.17) is 5.11 Å². The van der Waals surface area contributed by atoms with Crippen LogP contribution in [0, 0.1) is 23.7 Å². The van der Waals surface area contributed by atoms with Crippen LogP contribution in [0.25, 0.3) is 0 Å². The summed E-state index contributed by atoms with van der Waals surface area (Å²) in [7, 11) is 0. The maximum Gasteiger partial charge on any atom is 0.303 e. The van der Waals surface area contributed by atoms with Crippen molar-refractivity contribution in [3.8, 4) is 0 Å². The number of carbonyl (C=O) groups is 1. The molecule has 1 aliphatic carbocycles. The quantitative estimate of drug-likeness (QED) is 0.756. The Hall–Kier alpha value is -0.530. The van der Waals surface area contributed by atoms with E-state index in [9.17, 15) is 4.79 Å². The van der Waals surface area contributed by atoms with Gasteiger partial charge in [0.1, 0.15) is 0 Å². The predicted octanol–water partition coefficient (Wildman–Crippen LogP) is 3.17. The van der Waals surface area contributed by atoms with Crippen molar-refractivity contribution in [1.29, 1.82) is 0 Å². The fourth-order valence-corrected chi connectivity index (χ4v) is 2.57. The third-order valence-corrected chi connectivity index (χ3v) is 3.78. The van der Waals surface area contributed by atoms with Crippen molar-refractivity contribution in [2.45, 2.75) is 46.5 Å². The van der Waals surface area contributed by atoms with Crippen LogP contribution in [-0.2, 0) is 4.79 Å². The first kappa shape index (κ1) is 11.5. The van der Waals surface area contributed by atoms with Gasteiger partial charge in [0.15, 0.2) is 0 Å². The summed E-state index contributed by atoms with van der Waals surface area (Å²) in [5.41, 5.74) is 0. The second kappa shape index (κ2) is 4.81. The molecule has 0 aliphatic heterocycles. The van der Waals surface area contributed by atoms with Gasteiger partial charge < -0.3 is 5.11 Å². The molecule has 0 bridgehead atoms. The maximum absolute atomic E-state index is 10.7. The second-order valence-corrected chi connectivity index (χ2v) is 5.15. The average Bonchev–Trinajstić information content (AvgIpc) is 2.07. The van der Waals surface area contributed by atoms with Gasteiger partial charge in [-0.25, -0.2) is 0 Å². The van der Waals surface area contributed by atoms with Crippen LogP contribution in [0.3, 0.4) is 0 Å². The fraction of sp³-hybridized carbons (Fsp3) is 0.917. The molecule has 2 heteroatoms. The van der Waals surface area contributed by atoms with Crippen LogP contribution in [0.1, 0.15) is 46.5 Å². The van der Waals surface area contributed by atoms with Crippen molar-refractivity contribution in [2.75, 3.05) is 0 Å². The summed E-state index contributed by atoms with van der Waals surface area (Å²) in [5, 5.41) is 8.81. The van der Waals surface area contributed by atoms with E-state index in [2.05, 4.69) is 20.8 Å². The van der Waals surface area contributed by atoms with E-state index in [1.807, 2.05) is 0 Å². The molecule has 1 saturated carbocycles. The highest BCUT2D eigenvalue weighted by atomic mass is 16.4. The molecule has 1 rings (SSSR count). The van der Waals surface area contributed by atoms with E-state index in [-0.39, 0.29) is 0 Å². The summed E-state index contributed by atoms with van der Waals surface area (Å²) in [6, 6.07) is 0. The molecule has 1 fully saturated rings. The SMILES string of the molecule is CC(C)[C@H]1CC[C@H](C)[C@H](CC(=O)O)C1. The standard InChI is InChI=1S/C12H22O2/c1-8(2)10-5-4-9(3)11(6-10)7-12(13)14/h8-11H,4-7H2,1-3H3,(H,13,14)/t9-,10-,11-/m0/s1. The lowest BCUT2D eigenvalue weighted by Crippen LogP contribution is -2.27. The summed E-state index contributed by atoms with van der Waals surface area (Å²) in [4.78, 5) is 10.7. The van der Waals surface area contributed by atoms with E-state index >= 15 is 0 Å². The van der Waals surface area contributed by atoms with Crippen molar-refractivity contribution in [3.05, 3.63) is 0 Å². The van der Waals surface area contributed by atoms with E-state index in [0.717, 1.165) is 12.3 Å². The highest BCUT2D eigenvalue weighted by Crippen LogP contribution is 2.38. The molecule has 0 amide bonds. The lowest BCUT2D eigenvalue weighted by atomic mass is 9.70. The zero-order valence-corrected chi connectivity index (χ0v) is 9.49. The zero-order chi connectivity index (χ0) is 10.7. The summed E-state index contributed by atoms with van der Waals surface area (Å²) in [5.74, 6) is 1.83. The van der Waals surface area contributed by atoms with Gasteiger partial charge in [-0.15, -0.1) is 0 Å². The van der Waals surface area contributed by atoms with Crippen LogP contribution < -0.4 is 0 Å². The molecule has 2 nitrogen and oxygen atoms in total. The largest absolute Gasteiger partial charge is 0.481 e. The lowest BCUT2D eigenvalue weighted by molar-refractivity contribution is -0.139. The van der Waals surface area contributed by atoms with Gasteiger partial charge in [0.2, 0.25) is 0 Å². The normalized spacial score (nSPS) is 33.3. The molecule has 14 heavy (non-hydrogen) atoms. The molecule has 0 aromatic heterocycles. The third kappa shape index (κ3) is 3.00. The monoisotopic (exact) mass is 198 g/mol.